The quantitative estimate of drug-likeness (QED) is 0.705. The van der Waals surface area contributed by atoms with Gasteiger partial charge in [0.25, 0.3) is 0 Å². The van der Waals surface area contributed by atoms with Crippen LogP contribution in [0.4, 0.5) is 0 Å². The van der Waals surface area contributed by atoms with Crippen LogP contribution < -0.4 is 4.74 Å². The van der Waals surface area contributed by atoms with Gasteiger partial charge in [0.1, 0.15) is 23.0 Å². The van der Waals surface area contributed by atoms with Crippen molar-refractivity contribution in [1.82, 2.24) is 9.99 Å². The number of hydrogen-bond donors (Lipinski definition) is 0. The van der Waals surface area contributed by atoms with Crippen molar-refractivity contribution >= 4 is 5.71 Å². The van der Waals surface area contributed by atoms with Gasteiger partial charge in [0.05, 0.1) is 6.04 Å². The first-order valence-electron chi connectivity index (χ1n) is 8.38. The summed E-state index contributed by atoms with van der Waals surface area (Å²) in [6.07, 6.45) is 4.10. The Bertz CT molecular complexity index is 948. The van der Waals surface area contributed by atoms with E-state index in [1.165, 1.54) is 0 Å². The number of fused-ring (bicyclic) bond motifs is 3. The first kappa shape index (κ1) is 14.3. The number of benzene rings is 1. The van der Waals surface area contributed by atoms with Crippen molar-refractivity contribution in [3.63, 3.8) is 0 Å². The molecule has 0 fully saturated rings. The fourth-order valence-electron chi connectivity index (χ4n) is 3.52. The van der Waals surface area contributed by atoms with Crippen molar-refractivity contribution in [1.29, 1.82) is 0 Å². The van der Waals surface area contributed by atoms with Gasteiger partial charge in [-0.2, -0.15) is 5.10 Å². The van der Waals surface area contributed by atoms with Gasteiger partial charge < -0.3 is 9.15 Å². The number of rotatable bonds is 2. The number of nitrogens with zero attached hydrogens (tertiary/aromatic N) is 3. The van der Waals surface area contributed by atoms with E-state index in [4.69, 9.17) is 14.3 Å². The summed E-state index contributed by atoms with van der Waals surface area (Å²) in [5, 5.41) is 6.91. The fraction of sp³-hybridized carbons (Fsp3) is 0.200. The molecule has 25 heavy (non-hydrogen) atoms. The van der Waals surface area contributed by atoms with Crippen LogP contribution in [0.15, 0.2) is 70.4 Å². The van der Waals surface area contributed by atoms with E-state index in [-0.39, 0.29) is 12.3 Å². The molecule has 2 atom stereocenters. The normalized spacial score (nSPS) is 21.3. The Morgan fingerprint density at radius 2 is 1.88 bits per heavy atom. The molecule has 3 aromatic rings. The Balaban J connectivity index is 1.60. The second kappa shape index (κ2) is 5.48. The molecule has 1 aromatic carbocycles. The minimum atomic E-state index is -0.267. The van der Waals surface area contributed by atoms with E-state index in [1.54, 1.807) is 12.4 Å². The molecule has 0 radical (unpaired) electrons. The molecular formula is C20H17N3O2. The summed E-state index contributed by atoms with van der Waals surface area (Å²) in [5.74, 6) is 2.64. The van der Waals surface area contributed by atoms with Crippen molar-refractivity contribution in [3.05, 3.63) is 83.6 Å². The van der Waals surface area contributed by atoms with Gasteiger partial charge in [-0.15, -0.1) is 0 Å². The zero-order valence-electron chi connectivity index (χ0n) is 13.8. The summed E-state index contributed by atoms with van der Waals surface area (Å²) >= 11 is 0. The maximum absolute atomic E-state index is 6.28. The van der Waals surface area contributed by atoms with Crippen LogP contribution >= 0.6 is 0 Å². The molecule has 0 N–H and O–H groups in total. The Morgan fingerprint density at radius 3 is 2.68 bits per heavy atom. The SMILES string of the molecule is Cc1ccc(C2=NN3[C@@H](C2)c2ccccc2O[C@H]3c2ccncc2)o1. The molecule has 0 spiro atoms. The lowest BCUT2D eigenvalue weighted by atomic mass is 9.98. The highest BCUT2D eigenvalue weighted by Crippen LogP contribution is 2.47. The van der Waals surface area contributed by atoms with Crippen LogP contribution in [-0.4, -0.2) is 15.7 Å². The van der Waals surface area contributed by atoms with E-state index in [0.717, 1.165) is 40.5 Å². The lowest BCUT2D eigenvalue weighted by Crippen LogP contribution is -2.33. The number of furan rings is 1. The molecule has 5 nitrogen and oxygen atoms in total. The van der Waals surface area contributed by atoms with E-state index < -0.39 is 0 Å². The van der Waals surface area contributed by atoms with Crippen molar-refractivity contribution in [2.45, 2.75) is 25.6 Å². The van der Waals surface area contributed by atoms with Crippen LogP contribution in [0.25, 0.3) is 0 Å². The first-order chi connectivity index (χ1) is 12.3. The average Bonchev–Trinajstić information content (AvgIpc) is 3.28. The van der Waals surface area contributed by atoms with Crippen LogP contribution in [0.1, 0.15) is 41.3 Å². The average molecular weight is 331 g/mol. The van der Waals surface area contributed by atoms with E-state index >= 15 is 0 Å². The van der Waals surface area contributed by atoms with Crippen LogP contribution in [-0.2, 0) is 0 Å². The number of ether oxygens (including phenoxy) is 1. The van der Waals surface area contributed by atoms with E-state index in [2.05, 4.69) is 11.1 Å². The highest BCUT2D eigenvalue weighted by Gasteiger charge is 2.41. The number of aromatic nitrogens is 1. The van der Waals surface area contributed by atoms with E-state index in [9.17, 15) is 0 Å². The molecule has 2 aliphatic rings. The molecule has 0 bridgehead atoms. The maximum atomic E-state index is 6.28. The molecule has 5 rings (SSSR count). The molecular weight excluding hydrogens is 314 g/mol. The molecule has 5 heteroatoms. The standard InChI is InChI=1S/C20H17N3O2/c1-13-6-7-19(24-13)16-12-17-15-4-2-3-5-18(15)25-20(23(17)22-16)14-8-10-21-11-9-14/h2-11,17,20H,12H2,1H3/t17-,20-/m0/s1. The lowest BCUT2D eigenvalue weighted by molar-refractivity contribution is -0.0190. The van der Waals surface area contributed by atoms with Crippen LogP contribution in [0, 0.1) is 6.92 Å². The fourth-order valence-corrected chi connectivity index (χ4v) is 3.52. The second-order valence-corrected chi connectivity index (χ2v) is 6.35. The predicted octanol–water partition coefficient (Wildman–Crippen LogP) is 4.23. The number of para-hydroxylation sites is 1. The highest BCUT2D eigenvalue weighted by atomic mass is 16.5. The summed E-state index contributed by atoms with van der Waals surface area (Å²) in [5.41, 5.74) is 3.16. The largest absolute Gasteiger partial charge is 0.464 e. The number of aryl methyl sites for hydroxylation is 1. The number of pyridine rings is 1. The summed E-state index contributed by atoms with van der Waals surface area (Å²) in [7, 11) is 0. The van der Waals surface area contributed by atoms with Gasteiger partial charge >= 0.3 is 0 Å². The molecule has 0 saturated carbocycles. The van der Waals surface area contributed by atoms with E-state index in [1.807, 2.05) is 54.4 Å². The Labute approximate surface area is 145 Å². The lowest BCUT2D eigenvalue weighted by Gasteiger charge is -2.38. The summed E-state index contributed by atoms with van der Waals surface area (Å²) < 4.78 is 12.1. The van der Waals surface area contributed by atoms with Gasteiger partial charge in [-0.3, -0.25) is 4.98 Å². The summed E-state index contributed by atoms with van der Waals surface area (Å²) in [6, 6.07) is 16.2. The Morgan fingerprint density at radius 1 is 1.04 bits per heavy atom. The summed E-state index contributed by atoms with van der Waals surface area (Å²) in [4.78, 5) is 4.11. The van der Waals surface area contributed by atoms with Crippen molar-refractivity contribution < 1.29 is 9.15 Å². The molecule has 0 saturated heterocycles. The van der Waals surface area contributed by atoms with Gasteiger partial charge in [-0.25, -0.2) is 5.01 Å². The van der Waals surface area contributed by atoms with Gasteiger partial charge in [-0.1, -0.05) is 18.2 Å². The minimum Gasteiger partial charge on any atom is -0.464 e. The highest BCUT2D eigenvalue weighted by molar-refractivity contribution is 5.99. The Hall–Kier alpha value is -3.08. The number of hydrogen-bond acceptors (Lipinski definition) is 5. The molecule has 0 aliphatic carbocycles. The van der Waals surface area contributed by atoms with Crippen LogP contribution in [0.2, 0.25) is 0 Å². The van der Waals surface area contributed by atoms with E-state index in [0.29, 0.717) is 0 Å². The summed E-state index contributed by atoms with van der Waals surface area (Å²) in [6.45, 7) is 1.95. The van der Waals surface area contributed by atoms with Crippen molar-refractivity contribution in [3.8, 4) is 5.75 Å². The van der Waals surface area contributed by atoms with Gasteiger partial charge in [0.15, 0.2) is 0 Å². The molecule has 2 aromatic heterocycles. The van der Waals surface area contributed by atoms with Gasteiger partial charge in [-0.05, 0) is 37.3 Å². The molecule has 4 heterocycles. The zero-order valence-corrected chi connectivity index (χ0v) is 13.8. The van der Waals surface area contributed by atoms with Crippen LogP contribution in [0.5, 0.6) is 5.75 Å². The maximum Gasteiger partial charge on any atom is 0.213 e. The monoisotopic (exact) mass is 331 g/mol. The smallest absolute Gasteiger partial charge is 0.213 e. The number of hydrazone groups is 1. The first-order valence-corrected chi connectivity index (χ1v) is 8.38. The third-order valence-corrected chi connectivity index (χ3v) is 4.72. The van der Waals surface area contributed by atoms with Crippen molar-refractivity contribution in [2.75, 3.05) is 0 Å². The third-order valence-electron chi connectivity index (χ3n) is 4.72. The Kier molecular flexibility index (Phi) is 3.13. The van der Waals surface area contributed by atoms with Crippen LogP contribution in [0.3, 0.4) is 0 Å². The predicted molar refractivity (Wildman–Crippen MR) is 93.2 cm³/mol. The third kappa shape index (κ3) is 2.31. The second-order valence-electron chi connectivity index (χ2n) is 6.35. The molecule has 0 unspecified atom stereocenters. The minimum absolute atomic E-state index is 0.142. The van der Waals surface area contributed by atoms with Gasteiger partial charge in [0, 0.05) is 29.9 Å². The molecule has 124 valence electrons. The topological polar surface area (TPSA) is 50.9 Å². The van der Waals surface area contributed by atoms with Crippen molar-refractivity contribution in [2.24, 2.45) is 5.10 Å². The molecule has 2 aliphatic heterocycles. The van der Waals surface area contributed by atoms with Gasteiger partial charge in [0.2, 0.25) is 6.23 Å². The molecule has 0 amide bonds. The zero-order chi connectivity index (χ0) is 16.8.